The van der Waals surface area contributed by atoms with E-state index in [0.29, 0.717) is 21.3 Å². The zero-order valence-corrected chi connectivity index (χ0v) is 19.9. The summed E-state index contributed by atoms with van der Waals surface area (Å²) in [5.41, 5.74) is 1.11. The van der Waals surface area contributed by atoms with Crippen LogP contribution in [0.25, 0.3) is 6.08 Å². The summed E-state index contributed by atoms with van der Waals surface area (Å²) in [4.78, 5) is 43.2. The van der Waals surface area contributed by atoms with Gasteiger partial charge < -0.3 is 10.1 Å². The van der Waals surface area contributed by atoms with Crippen LogP contribution in [0, 0.1) is 10.1 Å². The van der Waals surface area contributed by atoms with Gasteiger partial charge in [0.15, 0.2) is 5.70 Å². The van der Waals surface area contributed by atoms with Crippen LogP contribution in [0.1, 0.15) is 21.5 Å². The van der Waals surface area contributed by atoms with Crippen molar-refractivity contribution < 1.29 is 19.2 Å². The normalized spacial score (nSPS) is 14.0. The Labute approximate surface area is 210 Å². The average molecular weight is 562 g/mol. The molecule has 0 spiro atoms. The largest absolute Gasteiger partial charge is 0.402 e. The van der Waals surface area contributed by atoms with E-state index in [0.717, 1.165) is 6.07 Å². The highest BCUT2D eigenvalue weighted by molar-refractivity contribution is 9.10. The number of nitro groups is 1. The molecule has 2 aromatic carbocycles. The van der Waals surface area contributed by atoms with Gasteiger partial charge in [-0.3, -0.25) is 19.9 Å². The Kier molecular flexibility index (Phi) is 6.73. The predicted octanol–water partition coefficient (Wildman–Crippen LogP) is 5.66. The number of esters is 1. The highest BCUT2D eigenvalue weighted by Gasteiger charge is 2.25. The summed E-state index contributed by atoms with van der Waals surface area (Å²) in [6.45, 7) is 0. The minimum Gasteiger partial charge on any atom is -0.402 e. The summed E-state index contributed by atoms with van der Waals surface area (Å²) in [7, 11) is 0. The van der Waals surface area contributed by atoms with Crippen LogP contribution in [0.2, 0.25) is 10.0 Å². The van der Waals surface area contributed by atoms with Crippen molar-refractivity contribution in [3.05, 3.63) is 102 Å². The first-order valence-electron chi connectivity index (χ1n) is 9.39. The molecule has 170 valence electrons. The number of hydrogen-bond acceptors (Lipinski definition) is 7. The third-order valence-corrected chi connectivity index (χ3v) is 5.60. The Morgan fingerprint density at radius 1 is 1.12 bits per heavy atom. The monoisotopic (exact) mass is 560 g/mol. The first-order valence-corrected chi connectivity index (χ1v) is 10.9. The molecule has 12 heteroatoms. The summed E-state index contributed by atoms with van der Waals surface area (Å²) in [6, 6.07) is 10.5. The molecule has 0 atom stereocenters. The zero-order chi connectivity index (χ0) is 24.4. The van der Waals surface area contributed by atoms with Crippen molar-refractivity contribution in [3.63, 3.8) is 0 Å². The summed E-state index contributed by atoms with van der Waals surface area (Å²) in [5, 5.41) is 13.8. The second-order valence-electron chi connectivity index (χ2n) is 6.84. The molecule has 0 bridgehead atoms. The molecule has 0 saturated heterocycles. The number of nitrogens with one attached hydrogen (secondary N) is 1. The number of nitro benzene ring substituents is 1. The Morgan fingerprint density at radius 2 is 1.85 bits per heavy atom. The molecule has 4 rings (SSSR count). The Balaban J connectivity index is 1.54. The Hall–Kier alpha value is -3.60. The van der Waals surface area contributed by atoms with E-state index in [1.165, 1.54) is 18.3 Å². The third-order valence-electron chi connectivity index (χ3n) is 4.53. The lowest BCUT2D eigenvalue weighted by Crippen LogP contribution is -2.12. The highest BCUT2D eigenvalue weighted by atomic mass is 79.9. The van der Waals surface area contributed by atoms with Crippen molar-refractivity contribution >= 4 is 74.4 Å². The fourth-order valence-corrected chi connectivity index (χ4v) is 3.79. The molecule has 3 aromatic rings. The average Bonchev–Trinajstić information content (AvgIpc) is 3.16. The molecule has 34 heavy (non-hydrogen) atoms. The minimum atomic E-state index is -0.747. The Bertz CT molecular complexity index is 1410. The van der Waals surface area contributed by atoms with E-state index < -0.39 is 10.9 Å². The maximum absolute atomic E-state index is 12.3. The number of carbonyl (C=O) groups is 2. The van der Waals surface area contributed by atoms with Crippen LogP contribution >= 0.6 is 39.1 Å². The molecule has 2 heterocycles. The maximum atomic E-state index is 12.3. The fraction of sp³-hybridized carbons (Fsp3) is 0. The lowest BCUT2D eigenvalue weighted by Gasteiger charge is -2.06. The number of cyclic esters (lactones) is 1. The molecule has 0 unspecified atom stereocenters. The van der Waals surface area contributed by atoms with Gasteiger partial charge in [0.05, 0.1) is 10.5 Å². The SMILES string of the molecule is O=C1OC(c2ccc(NC(=O)c3cncc(Br)c3)cc2)=N/C1=C/c1cc([N+](=O)[O-])c(Cl)cc1Cl. The number of aliphatic imine (C=N–C) groups is 1. The molecule has 0 saturated carbocycles. The van der Waals surface area contributed by atoms with Gasteiger partial charge in [0.25, 0.3) is 11.6 Å². The van der Waals surface area contributed by atoms with E-state index in [9.17, 15) is 19.7 Å². The lowest BCUT2D eigenvalue weighted by molar-refractivity contribution is -0.384. The molecule has 0 fully saturated rings. The van der Waals surface area contributed by atoms with Gasteiger partial charge in [-0.2, -0.15) is 0 Å². The summed E-state index contributed by atoms with van der Waals surface area (Å²) < 4.78 is 5.89. The van der Waals surface area contributed by atoms with E-state index >= 15 is 0 Å². The number of carbonyl (C=O) groups excluding carboxylic acids is 2. The standard InChI is InChI=1S/C22H11BrCl2N4O5/c23-14-5-13(9-26-10-14)20(30)27-15-3-1-11(2-4-15)21-28-18(22(31)34-21)6-12-7-19(29(32)33)17(25)8-16(12)24/h1-10H,(H,27,30)/b18-6+. The highest BCUT2D eigenvalue weighted by Crippen LogP contribution is 2.33. The quantitative estimate of drug-likeness (QED) is 0.185. The zero-order valence-electron chi connectivity index (χ0n) is 16.8. The maximum Gasteiger partial charge on any atom is 0.363 e. The first-order chi connectivity index (χ1) is 16.2. The van der Waals surface area contributed by atoms with Gasteiger partial charge in [-0.05, 0) is 58.4 Å². The number of hydrogen-bond donors (Lipinski definition) is 1. The number of amides is 1. The first kappa shape index (κ1) is 23.6. The molecule has 1 amide bonds. The second kappa shape index (κ2) is 9.72. The molecule has 0 radical (unpaired) electrons. The van der Waals surface area contributed by atoms with Crippen molar-refractivity contribution in [3.8, 4) is 0 Å². The lowest BCUT2D eigenvalue weighted by atomic mass is 10.1. The van der Waals surface area contributed by atoms with E-state index in [-0.39, 0.29) is 38.8 Å². The van der Waals surface area contributed by atoms with E-state index in [1.54, 1.807) is 36.5 Å². The topological polar surface area (TPSA) is 124 Å². The molecule has 1 aromatic heterocycles. The molecule has 1 aliphatic heterocycles. The molecule has 1 aliphatic rings. The third kappa shape index (κ3) is 5.14. The fourth-order valence-electron chi connectivity index (χ4n) is 2.92. The predicted molar refractivity (Wildman–Crippen MR) is 130 cm³/mol. The van der Waals surface area contributed by atoms with Crippen LogP contribution in [0.15, 0.2) is 70.0 Å². The van der Waals surface area contributed by atoms with Crippen molar-refractivity contribution in [2.24, 2.45) is 4.99 Å². The number of halogens is 3. The van der Waals surface area contributed by atoms with E-state index in [1.807, 2.05) is 0 Å². The van der Waals surface area contributed by atoms with Gasteiger partial charge >= 0.3 is 5.97 Å². The summed E-state index contributed by atoms with van der Waals surface area (Å²) >= 11 is 15.2. The van der Waals surface area contributed by atoms with Gasteiger partial charge in [-0.1, -0.05) is 23.2 Å². The van der Waals surface area contributed by atoms with Crippen molar-refractivity contribution in [1.82, 2.24) is 4.98 Å². The van der Waals surface area contributed by atoms with Crippen molar-refractivity contribution in [2.45, 2.75) is 0 Å². The second-order valence-corrected chi connectivity index (χ2v) is 8.57. The van der Waals surface area contributed by atoms with Crippen LogP contribution in [0.3, 0.4) is 0 Å². The number of ether oxygens (including phenoxy) is 1. The van der Waals surface area contributed by atoms with E-state index in [4.69, 9.17) is 27.9 Å². The van der Waals surface area contributed by atoms with Gasteiger partial charge in [-0.25, -0.2) is 9.79 Å². The smallest absolute Gasteiger partial charge is 0.363 e. The number of benzene rings is 2. The number of nitrogens with zero attached hydrogens (tertiary/aromatic N) is 3. The van der Waals surface area contributed by atoms with Crippen molar-refractivity contribution in [1.29, 1.82) is 0 Å². The molecular weight excluding hydrogens is 551 g/mol. The van der Waals surface area contributed by atoms with Gasteiger partial charge in [0, 0.05) is 44.8 Å². The summed E-state index contributed by atoms with van der Waals surface area (Å²) in [5.74, 6) is -1.06. The number of anilines is 1. The van der Waals surface area contributed by atoms with Crippen LogP contribution in [-0.2, 0) is 9.53 Å². The number of pyridine rings is 1. The van der Waals surface area contributed by atoms with Gasteiger partial charge in [0.2, 0.25) is 5.90 Å². The molecule has 0 aliphatic carbocycles. The Morgan fingerprint density at radius 3 is 2.53 bits per heavy atom. The number of aromatic nitrogens is 1. The van der Waals surface area contributed by atoms with Crippen molar-refractivity contribution in [2.75, 3.05) is 5.32 Å². The summed E-state index contributed by atoms with van der Waals surface area (Å²) in [6.07, 6.45) is 4.29. The van der Waals surface area contributed by atoms with Gasteiger partial charge in [-0.15, -0.1) is 0 Å². The molecular formula is C22H11BrCl2N4O5. The molecule has 9 nitrogen and oxygen atoms in total. The van der Waals surface area contributed by atoms with Crippen LogP contribution in [0.5, 0.6) is 0 Å². The molecule has 1 N–H and O–H groups in total. The minimum absolute atomic E-state index is 0.0323. The van der Waals surface area contributed by atoms with Crippen LogP contribution < -0.4 is 5.32 Å². The number of rotatable bonds is 5. The van der Waals surface area contributed by atoms with Crippen LogP contribution in [0.4, 0.5) is 11.4 Å². The van der Waals surface area contributed by atoms with Crippen LogP contribution in [-0.4, -0.2) is 27.7 Å². The van der Waals surface area contributed by atoms with Gasteiger partial charge in [0.1, 0.15) is 5.02 Å². The van der Waals surface area contributed by atoms with E-state index in [2.05, 4.69) is 31.2 Å².